The van der Waals surface area contributed by atoms with Gasteiger partial charge in [0.15, 0.2) is 0 Å². The van der Waals surface area contributed by atoms with E-state index in [1.165, 1.54) is 19.3 Å². The lowest BCUT2D eigenvalue weighted by atomic mass is 9.91. The molecule has 0 saturated carbocycles. The van der Waals surface area contributed by atoms with Crippen LogP contribution in [0.4, 0.5) is 0 Å². The first kappa shape index (κ1) is 9.04. The zero-order valence-electron chi connectivity index (χ0n) is 8.79. The lowest BCUT2D eigenvalue weighted by Crippen LogP contribution is -2.38. The Balaban J connectivity index is 2.13. The molecule has 0 aromatic heterocycles. The number of carbonyl (C=O) groups is 1. The second-order valence-corrected chi connectivity index (χ2v) is 4.91. The molecule has 2 saturated heterocycles. The lowest BCUT2D eigenvalue weighted by Gasteiger charge is -2.25. The molecule has 2 bridgehead atoms. The number of hydrogen-bond acceptors (Lipinski definition) is 1. The van der Waals surface area contributed by atoms with Crippen LogP contribution in [0, 0.1) is 11.8 Å². The molecule has 0 radical (unpaired) electrons. The summed E-state index contributed by atoms with van der Waals surface area (Å²) in [5.41, 5.74) is 0. The Morgan fingerprint density at radius 3 is 2.46 bits per heavy atom. The van der Waals surface area contributed by atoms with Crippen LogP contribution < -0.4 is 0 Å². The molecule has 0 aromatic carbocycles. The fraction of sp³-hybridized carbons (Fsp3) is 0.909. The largest absolute Gasteiger partial charge is 0.336 e. The molecule has 1 amide bonds. The van der Waals surface area contributed by atoms with Crippen LogP contribution >= 0.6 is 0 Å². The van der Waals surface area contributed by atoms with E-state index in [1.807, 2.05) is 13.8 Å². The van der Waals surface area contributed by atoms with Gasteiger partial charge in [-0.25, -0.2) is 0 Å². The minimum atomic E-state index is 0.174. The summed E-state index contributed by atoms with van der Waals surface area (Å²) in [7, 11) is 0. The predicted octanol–water partition coefficient (Wildman–Crippen LogP) is 2.04. The van der Waals surface area contributed by atoms with E-state index in [9.17, 15) is 4.79 Å². The maximum absolute atomic E-state index is 11.9. The number of rotatable bonds is 1. The number of amides is 1. The zero-order valence-corrected chi connectivity index (χ0v) is 8.79. The van der Waals surface area contributed by atoms with E-state index in [-0.39, 0.29) is 5.92 Å². The van der Waals surface area contributed by atoms with Gasteiger partial charge in [0, 0.05) is 18.0 Å². The quantitative estimate of drug-likeness (QED) is 0.606. The second kappa shape index (κ2) is 3.00. The topological polar surface area (TPSA) is 20.3 Å². The van der Waals surface area contributed by atoms with Crippen molar-refractivity contribution in [1.82, 2.24) is 4.90 Å². The maximum atomic E-state index is 11.9. The van der Waals surface area contributed by atoms with Crippen molar-refractivity contribution in [1.29, 1.82) is 0 Å². The van der Waals surface area contributed by atoms with Crippen LogP contribution in [0.25, 0.3) is 0 Å². The summed E-state index contributed by atoms with van der Waals surface area (Å²) in [4.78, 5) is 14.1. The third-order valence-corrected chi connectivity index (χ3v) is 3.60. The standard InChI is InChI=1S/C11H19NO/c1-7(2)11(13)12-9-4-5-10(12)8(3)6-9/h7-10H,4-6H2,1-3H3. The van der Waals surface area contributed by atoms with Gasteiger partial charge in [-0.1, -0.05) is 20.8 Å². The van der Waals surface area contributed by atoms with Crippen molar-refractivity contribution in [3.63, 3.8) is 0 Å². The van der Waals surface area contributed by atoms with E-state index in [0.29, 0.717) is 18.0 Å². The van der Waals surface area contributed by atoms with Crippen molar-refractivity contribution in [2.75, 3.05) is 0 Å². The van der Waals surface area contributed by atoms with Crippen LogP contribution in [0.5, 0.6) is 0 Å². The molecule has 0 N–H and O–H groups in total. The van der Waals surface area contributed by atoms with Gasteiger partial charge in [-0.05, 0) is 25.2 Å². The monoisotopic (exact) mass is 181 g/mol. The van der Waals surface area contributed by atoms with Crippen molar-refractivity contribution in [3.05, 3.63) is 0 Å². The highest BCUT2D eigenvalue weighted by molar-refractivity contribution is 5.79. The molecular weight excluding hydrogens is 162 g/mol. The molecule has 3 atom stereocenters. The Kier molecular flexibility index (Phi) is 2.09. The molecule has 2 fully saturated rings. The Bertz CT molecular complexity index is 224. The smallest absolute Gasteiger partial charge is 0.225 e. The first-order chi connectivity index (χ1) is 6.11. The first-order valence-electron chi connectivity index (χ1n) is 5.43. The fourth-order valence-corrected chi connectivity index (χ4v) is 2.93. The van der Waals surface area contributed by atoms with Crippen molar-refractivity contribution in [3.8, 4) is 0 Å². The predicted molar refractivity (Wildman–Crippen MR) is 52.3 cm³/mol. The molecule has 2 heterocycles. The van der Waals surface area contributed by atoms with Crippen molar-refractivity contribution < 1.29 is 4.79 Å². The molecule has 2 rings (SSSR count). The van der Waals surface area contributed by atoms with Crippen LogP contribution in [0.3, 0.4) is 0 Å². The SMILES string of the molecule is CC(C)C(=O)N1C2CCC1C(C)C2. The molecule has 0 aromatic rings. The molecule has 3 unspecified atom stereocenters. The molecular formula is C11H19NO. The van der Waals surface area contributed by atoms with E-state index in [1.54, 1.807) is 0 Å². The molecule has 2 aliphatic heterocycles. The van der Waals surface area contributed by atoms with Gasteiger partial charge in [0.1, 0.15) is 0 Å². The average molecular weight is 181 g/mol. The maximum Gasteiger partial charge on any atom is 0.225 e. The van der Waals surface area contributed by atoms with Gasteiger partial charge in [-0.2, -0.15) is 0 Å². The van der Waals surface area contributed by atoms with Crippen molar-refractivity contribution in [2.45, 2.75) is 52.1 Å². The summed E-state index contributed by atoms with van der Waals surface area (Å²) >= 11 is 0. The summed E-state index contributed by atoms with van der Waals surface area (Å²) in [6, 6.07) is 1.15. The van der Waals surface area contributed by atoms with Gasteiger partial charge < -0.3 is 4.90 Å². The van der Waals surface area contributed by atoms with Crippen LogP contribution in [-0.2, 0) is 4.79 Å². The Morgan fingerprint density at radius 2 is 2.08 bits per heavy atom. The van der Waals surface area contributed by atoms with Crippen LogP contribution in [0.2, 0.25) is 0 Å². The molecule has 2 nitrogen and oxygen atoms in total. The molecule has 0 aliphatic carbocycles. The Labute approximate surface area is 80.3 Å². The zero-order chi connectivity index (χ0) is 9.59. The molecule has 13 heavy (non-hydrogen) atoms. The fourth-order valence-electron chi connectivity index (χ4n) is 2.93. The van der Waals surface area contributed by atoms with E-state index in [4.69, 9.17) is 0 Å². The highest BCUT2D eigenvalue weighted by Gasteiger charge is 2.46. The summed E-state index contributed by atoms with van der Waals surface area (Å²) < 4.78 is 0. The number of nitrogens with zero attached hydrogens (tertiary/aromatic N) is 1. The van der Waals surface area contributed by atoms with Crippen LogP contribution in [0.15, 0.2) is 0 Å². The number of fused-ring (bicyclic) bond motifs is 2. The van der Waals surface area contributed by atoms with E-state index < -0.39 is 0 Å². The summed E-state index contributed by atoms with van der Waals surface area (Å²) in [6.07, 6.45) is 3.72. The Morgan fingerprint density at radius 1 is 1.38 bits per heavy atom. The minimum absolute atomic E-state index is 0.174. The Hall–Kier alpha value is -0.530. The molecule has 2 heteroatoms. The van der Waals surface area contributed by atoms with Crippen molar-refractivity contribution in [2.24, 2.45) is 11.8 Å². The van der Waals surface area contributed by atoms with Gasteiger partial charge in [0.25, 0.3) is 0 Å². The summed E-state index contributed by atoms with van der Waals surface area (Å²) in [5, 5.41) is 0. The van der Waals surface area contributed by atoms with E-state index in [0.717, 1.165) is 5.92 Å². The van der Waals surface area contributed by atoms with Gasteiger partial charge in [-0.15, -0.1) is 0 Å². The van der Waals surface area contributed by atoms with Crippen molar-refractivity contribution >= 4 is 5.91 Å². The minimum Gasteiger partial charge on any atom is -0.336 e. The van der Waals surface area contributed by atoms with Gasteiger partial charge in [0.05, 0.1) is 0 Å². The van der Waals surface area contributed by atoms with Gasteiger partial charge >= 0.3 is 0 Å². The highest BCUT2D eigenvalue weighted by Crippen LogP contribution is 2.41. The highest BCUT2D eigenvalue weighted by atomic mass is 16.2. The third kappa shape index (κ3) is 1.27. The first-order valence-corrected chi connectivity index (χ1v) is 5.43. The summed E-state index contributed by atoms with van der Waals surface area (Å²) in [5.74, 6) is 1.28. The lowest BCUT2D eigenvalue weighted by molar-refractivity contribution is -0.135. The van der Waals surface area contributed by atoms with Crippen LogP contribution in [-0.4, -0.2) is 22.9 Å². The molecule has 2 aliphatic rings. The van der Waals surface area contributed by atoms with Crippen LogP contribution in [0.1, 0.15) is 40.0 Å². The average Bonchev–Trinajstić information content (AvgIpc) is 2.58. The molecule has 74 valence electrons. The summed E-state index contributed by atoms with van der Waals surface area (Å²) in [6.45, 7) is 6.29. The van der Waals surface area contributed by atoms with Gasteiger partial charge in [0.2, 0.25) is 5.91 Å². The van der Waals surface area contributed by atoms with Gasteiger partial charge in [-0.3, -0.25) is 4.79 Å². The third-order valence-electron chi connectivity index (χ3n) is 3.60. The number of hydrogen-bond donors (Lipinski definition) is 0. The van der Waals surface area contributed by atoms with E-state index in [2.05, 4.69) is 11.8 Å². The second-order valence-electron chi connectivity index (χ2n) is 4.91. The number of carbonyl (C=O) groups excluding carboxylic acids is 1. The molecule has 0 spiro atoms. The van der Waals surface area contributed by atoms with E-state index >= 15 is 0 Å². The normalized spacial score (nSPS) is 37.5.